The van der Waals surface area contributed by atoms with Gasteiger partial charge in [-0.2, -0.15) is 0 Å². The predicted molar refractivity (Wildman–Crippen MR) is 74.4 cm³/mol. The quantitative estimate of drug-likeness (QED) is 0.912. The first kappa shape index (κ1) is 13.2. The second kappa shape index (κ2) is 5.68. The Bertz CT molecular complexity index is 456. The molecule has 2 aliphatic rings. The van der Waals surface area contributed by atoms with Gasteiger partial charge in [-0.15, -0.1) is 0 Å². The van der Waals surface area contributed by atoms with Gasteiger partial charge in [0.25, 0.3) is 0 Å². The molecule has 1 unspecified atom stereocenters. The number of halogens is 2. The van der Waals surface area contributed by atoms with E-state index in [1.54, 1.807) is 6.07 Å². The van der Waals surface area contributed by atoms with E-state index in [0.29, 0.717) is 16.7 Å². The average molecular weight is 284 g/mol. The number of benzene rings is 1. The Morgan fingerprint density at radius 2 is 2.16 bits per heavy atom. The van der Waals surface area contributed by atoms with Crippen molar-refractivity contribution in [1.82, 2.24) is 5.32 Å². The fourth-order valence-corrected chi connectivity index (χ4v) is 2.93. The van der Waals surface area contributed by atoms with E-state index in [2.05, 4.69) is 5.32 Å². The number of rotatable bonds is 4. The molecule has 1 aliphatic carbocycles. The first-order chi connectivity index (χ1) is 9.22. The maximum Gasteiger partial charge on any atom is 0.141 e. The van der Waals surface area contributed by atoms with Crippen LogP contribution in [0.2, 0.25) is 5.02 Å². The summed E-state index contributed by atoms with van der Waals surface area (Å²) in [7, 11) is 0. The van der Waals surface area contributed by atoms with E-state index >= 15 is 0 Å². The van der Waals surface area contributed by atoms with Gasteiger partial charge in [0.2, 0.25) is 0 Å². The van der Waals surface area contributed by atoms with Gasteiger partial charge in [0, 0.05) is 0 Å². The van der Waals surface area contributed by atoms with Crippen LogP contribution in [0.4, 0.5) is 4.39 Å². The Morgan fingerprint density at radius 3 is 2.84 bits per heavy atom. The Hall–Kier alpha value is -0.800. The summed E-state index contributed by atoms with van der Waals surface area (Å²) in [4.78, 5) is 0. The minimum atomic E-state index is -0.271. The molecule has 2 nitrogen and oxygen atoms in total. The van der Waals surface area contributed by atoms with Gasteiger partial charge in [0.15, 0.2) is 0 Å². The molecule has 104 valence electrons. The van der Waals surface area contributed by atoms with Gasteiger partial charge in [-0.05, 0) is 68.8 Å². The summed E-state index contributed by atoms with van der Waals surface area (Å²) in [5.74, 6) is 0.983. The molecule has 0 aromatic heterocycles. The van der Waals surface area contributed by atoms with Crippen molar-refractivity contribution in [3.05, 3.63) is 28.5 Å². The molecule has 19 heavy (non-hydrogen) atoms. The number of nitrogens with one attached hydrogen (secondary N) is 1. The lowest BCUT2D eigenvalue weighted by Crippen LogP contribution is -2.31. The summed E-state index contributed by atoms with van der Waals surface area (Å²) in [5, 5.41) is 3.80. The number of hydrogen-bond acceptors (Lipinski definition) is 2. The molecule has 1 saturated heterocycles. The van der Waals surface area contributed by atoms with Crippen LogP contribution in [0.3, 0.4) is 0 Å². The van der Waals surface area contributed by atoms with E-state index in [-0.39, 0.29) is 11.9 Å². The maximum absolute atomic E-state index is 13.6. The number of hydrogen-bond donors (Lipinski definition) is 1. The van der Waals surface area contributed by atoms with Gasteiger partial charge < -0.3 is 10.1 Å². The Kier molecular flexibility index (Phi) is 3.94. The van der Waals surface area contributed by atoms with Crippen molar-refractivity contribution in [3.8, 4) is 5.75 Å². The molecule has 1 heterocycles. The second-order valence-electron chi connectivity index (χ2n) is 5.61. The summed E-state index contributed by atoms with van der Waals surface area (Å²) in [6.45, 7) is 2.09. The second-order valence-corrected chi connectivity index (χ2v) is 6.02. The van der Waals surface area contributed by atoms with Crippen LogP contribution in [-0.4, -0.2) is 19.2 Å². The van der Waals surface area contributed by atoms with E-state index < -0.39 is 0 Å². The van der Waals surface area contributed by atoms with Gasteiger partial charge in [-0.1, -0.05) is 11.6 Å². The molecule has 4 heteroatoms. The minimum Gasteiger partial charge on any atom is -0.489 e. The summed E-state index contributed by atoms with van der Waals surface area (Å²) in [6.07, 6.45) is 5.66. The van der Waals surface area contributed by atoms with Crippen molar-refractivity contribution >= 4 is 11.6 Å². The topological polar surface area (TPSA) is 21.3 Å². The highest BCUT2D eigenvalue weighted by Gasteiger charge is 2.27. The average Bonchev–Trinajstić information content (AvgIpc) is 3.19. The largest absolute Gasteiger partial charge is 0.489 e. The third kappa shape index (κ3) is 3.40. The van der Waals surface area contributed by atoms with Crippen molar-refractivity contribution < 1.29 is 9.13 Å². The molecule has 3 rings (SSSR count). The third-order valence-electron chi connectivity index (χ3n) is 3.80. The van der Waals surface area contributed by atoms with Crippen molar-refractivity contribution in [2.24, 2.45) is 5.92 Å². The summed E-state index contributed by atoms with van der Waals surface area (Å²) >= 11 is 6.14. The van der Waals surface area contributed by atoms with Crippen molar-refractivity contribution in [3.63, 3.8) is 0 Å². The van der Waals surface area contributed by atoms with Gasteiger partial charge >= 0.3 is 0 Å². The Balaban J connectivity index is 1.80. The highest BCUT2D eigenvalue weighted by molar-refractivity contribution is 6.32. The highest BCUT2D eigenvalue weighted by Crippen LogP contribution is 2.37. The summed E-state index contributed by atoms with van der Waals surface area (Å²) < 4.78 is 19.4. The van der Waals surface area contributed by atoms with Gasteiger partial charge in [0.05, 0.1) is 11.1 Å². The van der Waals surface area contributed by atoms with Gasteiger partial charge in [0.1, 0.15) is 11.6 Å². The lowest BCUT2D eigenvalue weighted by molar-refractivity contribution is 0.295. The predicted octanol–water partition coefficient (Wildman–Crippen LogP) is 3.56. The molecule has 1 saturated carbocycles. The van der Waals surface area contributed by atoms with E-state index in [9.17, 15) is 4.39 Å². The monoisotopic (exact) mass is 283 g/mol. The first-order valence-electron chi connectivity index (χ1n) is 7.07. The lowest BCUT2D eigenvalue weighted by Gasteiger charge is -2.24. The van der Waals surface area contributed by atoms with Crippen LogP contribution in [0.1, 0.15) is 31.2 Å². The van der Waals surface area contributed by atoms with Crippen LogP contribution >= 0.6 is 11.6 Å². The fraction of sp³-hybridized carbons (Fsp3) is 0.600. The Morgan fingerprint density at radius 1 is 1.32 bits per heavy atom. The zero-order valence-corrected chi connectivity index (χ0v) is 11.7. The third-order valence-corrected chi connectivity index (χ3v) is 4.08. The molecule has 1 aromatic rings. The van der Waals surface area contributed by atoms with E-state index in [0.717, 1.165) is 37.9 Å². The molecule has 0 amide bonds. The lowest BCUT2D eigenvalue weighted by atomic mass is 9.92. The first-order valence-corrected chi connectivity index (χ1v) is 7.45. The minimum absolute atomic E-state index is 0.271. The molecule has 1 atom stereocenters. The molecule has 0 bridgehead atoms. The van der Waals surface area contributed by atoms with E-state index in [4.69, 9.17) is 16.3 Å². The van der Waals surface area contributed by atoms with Crippen LogP contribution in [0.25, 0.3) is 0 Å². The molecule has 1 aromatic carbocycles. The Labute approximate surface area is 118 Å². The molecular weight excluding hydrogens is 265 g/mol. The molecular formula is C15H19ClFNO. The smallest absolute Gasteiger partial charge is 0.141 e. The SMILES string of the molecule is Fc1cc(Cl)c(OC2CC2)c(CC2CCCNC2)c1. The van der Waals surface area contributed by atoms with Crippen LogP contribution in [0, 0.1) is 11.7 Å². The molecule has 0 radical (unpaired) electrons. The van der Waals surface area contributed by atoms with Crippen LogP contribution in [0.15, 0.2) is 12.1 Å². The summed E-state index contributed by atoms with van der Waals surface area (Å²) in [5.41, 5.74) is 0.922. The van der Waals surface area contributed by atoms with E-state index in [1.165, 1.54) is 18.9 Å². The summed E-state index contributed by atoms with van der Waals surface area (Å²) in [6, 6.07) is 2.93. The van der Waals surface area contributed by atoms with Crippen LogP contribution < -0.4 is 10.1 Å². The number of ether oxygens (including phenoxy) is 1. The molecule has 0 spiro atoms. The van der Waals surface area contributed by atoms with Crippen molar-refractivity contribution in [2.45, 2.75) is 38.2 Å². The maximum atomic E-state index is 13.6. The number of piperidine rings is 1. The zero-order valence-electron chi connectivity index (χ0n) is 10.9. The fourth-order valence-electron chi connectivity index (χ4n) is 2.66. The molecule has 2 fully saturated rings. The van der Waals surface area contributed by atoms with Crippen molar-refractivity contribution in [1.29, 1.82) is 0 Å². The van der Waals surface area contributed by atoms with E-state index in [1.807, 2.05) is 0 Å². The normalized spacial score (nSPS) is 23.4. The van der Waals surface area contributed by atoms with Crippen LogP contribution in [-0.2, 0) is 6.42 Å². The van der Waals surface area contributed by atoms with Gasteiger partial charge in [-0.25, -0.2) is 4.39 Å². The highest BCUT2D eigenvalue weighted by atomic mass is 35.5. The molecule has 1 N–H and O–H groups in total. The van der Waals surface area contributed by atoms with Gasteiger partial charge in [-0.3, -0.25) is 0 Å². The standard InChI is InChI=1S/C15H19ClFNO/c16-14-8-12(17)7-11(15(14)19-13-3-4-13)6-10-2-1-5-18-9-10/h7-8,10,13,18H,1-6,9H2. The van der Waals surface area contributed by atoms with Crippen molar-refractivity contribution in [2.75, 3.05) is 13.1 Å². The molecule has 1 aliphatic heterocycles. The van der Waals surface area contributed by atoms with Crippen LogP contribution in [0.5, 0.6) is 5.75 Å². The zero-order chi connectivity index (χ0) is 13.2.